The van der Waals surface area contributed by atoms with E-state index in [9.17, 15) is 0 Å². The lowest BCUT2D eigenvalue weighted by molar-refractivity contribution is 0.925. The summed E-state index contributed by atoms with van der Waals surface area (Å²) in [5.74, 6) is 0. The summed E-state index contributed by atoms with van der Waals surface area (Å²) < 4.78 is 0. The Morgan fingerprint density at radius 3 is 1.49 bits per heavy atom. The van der Waals surface area contributed by atoms with Gasteiger partial charge in [0.05, 0.1) is 0 Å². The van der Waals surface area contributed by atoms with Crippen LogP contribution in [0.1, 0.15) is 49.4 Å². The fourth-order valence-corrected chi connectivity index (χ4v) is 7.87. The zero-order valence-corrected chi connectivity index (χ0v) is 33.4. The Balaban J connectivity index is 1.48. The predicted octanol–water partition coefficient (Wildman–Crippen LogP) is 16.2. The minimum atomic E-state index is 0.941. The molecule has 0 spiro atoms. The van der Waals surface area contributed by atoms with Gasteiger partial charge in [-0.1, -0.05) is 190 Å². The van der Waals surface area contributed by atoms with Crippen LogP contribution in [0.2, 0.25) is 0 Å². The lowest BCUT2D eigenvalue weighted by Crippen LogP contribution is -1.97. The molecule has 7 aromatic carbocycles. The summed E-state index contributed by atoms with van der Waals surface area (Å²) in [6, 6.07) is 61.6. The van der Waals surface area contributed by atoms with Crippen molar-refractivity contribution in [2.24, 2.45) is 0 Å². The highest BCUT2D eigenvalue weighted by Crippen LogP contribution is 2.41. The van der Waals surface area contributed by atoms with Gasteiger partial charge in [0, 0.05) is 0 Å². The number of hydrogen-bond donors (Lipinski definition) is 0. The highest BCUT2D eigenvalue weighted by molar-refractivity contribution is 6.01. The molecule has 7 rings (SSSR count). The Morgan fingerprint density at radius 1 is 0.456 bits per heavy atom. The molecule has 0 amide bonds. The molecule has 7 aromatic rings. The van der Waals surface area contributed by atoms with Gasteiger partial charge in [0.1, 0.15) is 0 Å². The monoisotopic (exact) mass is 734 g/mol. The van der Waals surface area contributed by atoms with E-state index in [1.54, 1.807) is 0 Å². The largest absolute Gasteiger partial charge is 0.0984 e. The summed E-state index contributed by atoms with van der Waals surface area (Å²) in [7, 11) is 0. The van der Waals surface area contributed by atoms with Gasteiger partial charge in [-0.15, -0.1) is 0 Å². The zero-order chi connectivity index (χ0) is 39.6. The second kappa shape index (κ2) is 18.2. The van der Waals surface area contributed by atoms with Crippen LogP contribution in [-0.4, -0.2) is 0 Å². The van der Waals surface area contributed by atoms with E-state index >= 15 is 0 Å². The van der Waals surface area contributed by atoms with Crippen LogP contribution in [0.15, 0.2) is 213 Å². The van der Waals surface area contributed by atoms with Gasteiger partial charge in [-0.3, -0.25) is 0 Å². The molecule has 0 aromatic heterocycles. The van der Waals surface area contributed by atoms with Crippen molar-refractivity contribution < 1.29 is 0 Å². The fraction of sp³-hybridized carbons (Fsp3) is 0.0877. The van der Waals surface area contributed by atoms with Gasteiger partial charge in [0.2, 0.25) is 0 Å². The first kappa shape index (κ1) is 38.5. The normalized spacial score (nSPS) is 12.0. The molecule has 0 aliphatic carbocycles. The topological polar surface area (TPSA) is 0 Å². The number of hydrogen-bond acceptors (Lipinski definition) is 0. The van der Waals surface area contributed by atoms with Crippen LogP contribution in [0, 0.1) is 0 Å². The van der Waals surface area contributed by atoms with Crippen LogP contribution >= 0.6 is 0 Å². The first-order valence-electron chi connectivity index (χ1n) is 20.0. The van der Waals surface area contributed by atoms with E-state index in [1.165, 1.54) is 72.3 Å². The Labute approximate surface area is 340 Å². The van der Waals surface area contributed by atoms with Gasteiger partial charge < -0.3 is 0 Å². The molecule has 278 valence electrons. The molecular formula is C57H50. The first-order chi connectivity index (χ1) is 28.0. The van der Waals surface area contributed by atoms with E-state index in [-0.39, 0.29) is 0 Å². The van der Waals surface area contributed by atoms with Crippen LogP contribution in [-0.2, 0) is 6.42 Å². The van der Waals surface area contributed by atoms with Gasteiger partial charge in [0.25, 0.3) is 0 Å². The number of rotatable bonds is 13. The van der Waals surface area contributed by atoms with E-state index in [1.807, 2.05) is 12.2 Å². The average molecular weight is 735 g/mol. The maximum Gasteiger partial charge on any atom is -0.0105 e. The van der Waals surface area contributed by atoms with Crippen LogP contribution in [0.3, 0.4) is 0 Å². The second-order valence-corrected chi connectivity index (χ2v) is 14.4. The smallest absolute Gasteiger partial charge is 0.0105 e. The third-order valence-electron chi connectivity index (χ3n) is 10.7. The van der Waals surface area contributed by atoms with Crippen molar-refractivity contribution in [3.05, 3.63) is 236 Å². The number of benzene rings is 7. The Morgan fingerprint density at radius 2 is 0.912 bits per heavy atom. The van der Waals surface area contributed by atoms with E-state index in [0.29, 0.717) is 0 Å². The van der Waals surface area contributed by atoms with E-state index in [4.69, 9.17) is 0 Å². The van der Waals surface area contributed by atoms with Gasteiger partial charge in [-0.25, -0.2) is 0 Å². The Bertz CT molecular complexity index is 2600. The number of allylic oxidation sites excluding steroid dienone is 8. The third-order valence-corrected chi connectivity index (χ3v) is 10.7. The first-order valence-corrected chi connectivity index (χ1v) is 20.0. The molecule has 0 saturated heterocycles. The van der Waals surface area contributed by atoms with Crippen molar-refractivity contribution in [2.45, 2.75) is 33.6 Å². The molecule has 0 aliphatic heterocycles. The average Bonchev–Trinajstić information content (AvgIpc) is 3.28. The van der Waals surface area contributed by atoms with E-state index in [2.05, 4.69) is 222 Å². The van der Waals surface area contributed by atoms with Gasteiger partial charge >= 0.3 is 0 Å². The second-order valence-electron chi connectivity index (χ2n) is 14.4. The van der Waals surface area contributed by atoms with Crippen molar-refractivity contribution in [1.82, 2.24) is 0 Å². The lowest BCUT2D eigenvalue weighted by atomic mass is 9.84. The minimum Gasteiger partial charge on any atom is -0.0984 e. The highest BCUT2D eigenvalue weighted by Gasteiger charge is 2.18. The maximum atomic E-state index is 4.32. The molecule has 0 nitrogen and oxygen atoms in total. The molecule has 0 heteroatoms. The standard InChI is InChI=1S/C57H50/c1-6-10-24-41(5)45-35-48(54-32-21-20-31-53(54)44-29-18-13-19-30-44)40-49(36-45)55-33-22-34-56(57(55)23-7-2)50-38-46(42-25-14-11-15-26-42)37-47(39-50)52(9-4)51(8-3)43-27-16-12-17-28-43/h6,8-22,24-40H,3-4,7,23H2,1-2,5H3/b10-6-,41-24+,52-51-. The molecule has 0 atom stereocenters. The van der Waals surface area contributed by atoms with Crippen LogP contribution in [0.4, 0.5) is 0 Å². The molecule has 0 aliphatic rings. The van der Waals surface area contributed by atoms with E-state index < -0.39 is 0 Å². The lowest BCUT2D eigenvalue weighted by Gasteiger charge is -2.20. The molecular weight excluding hydrogens is 685 g/mol. The molecule has 0 bridgehead atoms. The summed E-state index contributed by atoms with van der Waals surface area (Å²) in [4.78, 5) is 0. The minimum absolute atomic E-state index is 0.941. The quantitative estimate of drug-likeness (QED) is 0.0817. The molecule has 0 saturated carbocycles. The van der Waals surface area contributed by atoms with Gasteiger partial charge in [0.15, 0.2) is 0 Å². The zero-order valence-electron chi connectivity index (χ0n) is 33.4. The van der Waals surface area contributed by atoms with Crippen molar-refractivity contribution in [3.8, 4) is 55.6 Å². The van der Waals surface area contributed by atoms with E-state index in [0.717, 1.165) is 35.1 Å². The predicted molar refractivity (Wildman–Crippen MR) is 250 cm³/mol. The molecule has 0 heterocycles. The summed E-state index contributed by atoms with van der Waals surface area (Å²) in [5, 5.41) is 0. The van der Waals surface area contributed by atoms with Crippen LogP contribution in [0.5, 0.6) is 0 Å². The molecule has 0 fully saturated rings. The maximum absolute atomic E-state index is 4.32. The molecule has 0 radical (unpaired) electrons. The van der Waals surface area contributed by atoms with Crippen molar-refractivity contribution in [1.29, 1.82) is 0 Å². The van der Waals surface area contributed by atoms with Crippen LogP contribution < -0.4 is 0 Å². The SMILES string of the molecule is C=C/C(=C(\C=C)c1cc(-c2ccccc2)cc(-c2cccc(-c3cc(/C(C)=C/C=C\C)cc(-c4ccccc4-c4ccccc4)c3)c2CCC)c1)c1ccccc1. The molecule has 57 heavy (non-hydrogen) atoms. The summed E-state index contributed by atoms with van der Waals surface area (Å²) in [5.41, 5.74) is 20.2. The summed E-state index contributed by atoms with van der Waals surface area (Å²) >= 11 is 0. The van der Waals surface area contributed by atoms with Crippen molar-refractivity contribution in [2.75, 3.05) is 0 Å². The highest BCUT2D eigenvalue weighted by atomic mass is 14.2. The van der Waals surface area contributed by atoms with Crippen LogP contribution in [0.25, 0.3) is 72.4 Å². The molecule has 0 N–H and O–H groups in total. The van der Waals surface area contributed by atoms with Crippen molar-refractivity contribution >= 4 is 16.7 Å². The summed E-state index contributed by atoms with van der Waals surface area (Å²) in [6.07, 6.45) is 12.3. The van der Waals surface area contributed by atoms with Gasteiger partial charge in [-0.05, 0) is 151 Å². The third kappa shape index (κ3) is 8.57. The van der Waals surface area contributed by atoms with Crippen molar-refractivity contribution in [3.63, 3.8) is 0 Å². The summed E-state index contributed by atoms with van der Waals surface area (Å²) in [6.45, 7) is 15.1. The fourth-order valence-electron chi connectivity index (χ4n) is 7.87. The molecule has 0 unspecified atom stereocenters. The Kier molecular flexibility index (Phi) is 12.3. The Hall–Kier alpha value is -6.76. The van der Waals surface area contributed by atoms with Gasteiger partial charge in [-0.2, -0.15) is 0 Å².